The Balaban J connectivity index is 1.52. The van der Waals surface area contributed by atoms with Crippen LogP contribution >= 0.6 is 11.3 Å². The summed E-state index contributed by atoms with van der Waals surface area (Å²) in [4.78, 5) is 22.7. The van der Waals surface area contributed by atoms with Crippen molar-refractivity contribution < 1.29 is 9.21 Å². The lowest BCUT2D eigenvalue weighted by Crippen LogP contribution is -2.30. The molecule has 1 amide bonds. The lowest BCUT2D eigenvalue weighted by Gasteiger charge is -2.14. The lowest BCUT2D eigenvalue weighted by molar-refractivity contribution is -0.117. The fourth-order valence-corrected chi connectivity index (χ4v) is 3.00. The Morgan fingerprint density at radius 3 is 2.96 bits per heavy atom. The Bertz CT molecular complexity index is 796. The SMILES string of the molecule is Cc1ccc(NC(=O)CN(C)Cc2csc(-c3ccoc3)n2)nc1. The van der Waals surface area contributed by atoms with E-state index < -0.39 is 0 Å². The molecule has 0 aliphatic heterocycles. The first-order valence-electron chi connectivity index (χ1n) is 7.48. The summed E-state index contributed by atoms with van der Waals surface area (Å²) in [6, 6.07) is 5.60. The van der Waals surface area contributed by atoms with Gasteiger partial charge in [0.1, 0.15) is 17.1 Å². The summed E-state index contributed by atoms with van der Waals surface area (Å²) in [6.45, 7) is 2.83. The molecule has 0 fully saturated rings. The highest BCUT2D eigenvalue weighted by atomic mass is 32.1. The fourth-order valence-electron chi connectivity index (χ4n) is 2.20. The first kappa shape index (κ1) is 16.4. The minimum absolute atomic E-state index is 0.0980. The van der Waals surface area contributed by atoms with Gasteiger partial charge in [-0.3, -0.25) is 9.69 Å². The number of carbonyl (C=O) groups excluding carboxylic acids is 1. The van der Waals surface area contributed by atoms with E-state index in [1.54, 1.807) is 36.1 Å². The third-order valence-electron chi connectivity index (χ3n) is 3.34. The molecule has 3 aromatic heterocycles. The molecule has 0 aliphatic rings. The molecule has 3 rings (SSSR count). The molecule has 0 radical (unpaired) electrons. The van der Waals surface area contributed by atoms with Crippen molar-refractivity contribution in [2.75, 3.05) is 18.9 Å². The van der Waals surface area contributed by atoms with E-state index in [-0.39, 0.29) is 12.5 Å². The smallest absolute Gasteiger partial charge is 0.239 e. The summed E-state index contributed by atoms with van der Waals surface area (Å²) in [7, 11) is 1.89. The molecule has 3 aromatic rings. The van der Waals surface area contributed by atoms with Crippen LogP contribution < -0.4 is 5.32 Å². The van der Waals surface area contributed by atoms with Gasteiger partial charge in [0, 0.05) is 23.7 Å². The molecule has 0 saturated heterocycles. The minimum Gasteiger partial charge on any atom is -0.472 e. The molecule has 3 heterocycles. The number of thiazole rings is 1. The Morgan fingerprint density at radius 1 is 1.38 bits per heavy atom. The number of rotatable bonds is 6. The van der Waals surface area contributed by atoms with Gasteiger partial charge in [0.05, 0.1) is 18.5 Å². The maximum absolute atomic E-state index is 12.1. The lowest BCUT2D eigenvalue weighted by atomic mass is 10.3. The van der Waals surface area contributed by atoms with Crippen molar-refractivity contribution in [3.05, 3.63) is 53.6 Å². The Morgan fingerprint density at radius 2 is 2.25 bits per heavy atom. The molecule has 0 unspecified atom stereocenters. The topological polar surface area (TPSA) is 71.3 Å². The van der Waals surface area contributed by atoms with E-state index in [1.807, 2.05) is 36.4 Å². The van der Waals surface area contributed by atoms with Crippen LogP contribution in [0.1, 0.15) is 11.3 Å². The van der Waals surface area contributed by atoms with Crippen molar-refractivity contribution in [3.8, 4) is 10.6 Å². The quantitative estimate of drug-likeness (QED) is 0.745. The van der Waals surface area contributed by atoms with E-state index in [4.69, 9.17) is 4.42 Å². The van der Waals surface area contributed by atoms with E-state index in [9.17, 15) is 4.79 Å². The highest BCUT2D eigenvalue weighted by Gasteiger charge is 2.11. The predicted molar refractivity (Wildman–Crippen MR) is 93.8 cm³/mol. The summed E-state index contributed by atoms with van der Waals surface area (Å²) in [5.74, 6) is 0.467. The molecule has 7 heteroatoms. The summed E-state index contributed by atoms with van der Waals surface area (Å²) < 4.78 is 5.07. The number of amides is 1. The summed E-state index contributed by atoms with van der Waals surface area (Å²) in [5, 5.41) is 5.71. The van der Waals surface area contributed by atoms with Crippen molar-refractivity contribution in [2.24, 2.45) is 0 Å². The second-order valence-electron chi connectivity index (χ2n) is 5.60. The van der Waals surface area contributed by atoms with E-state index in [0.29, 0.717) is 12.4 Å². The number of aromatic nitrogens is 2. The zero-order valence-corrected chi connectivity index (χ0v) is 14.3. The Kier molecular flexibility index (Phi) is 5.02. The van der Waals surface area contributed by atoms with Crippen molar-refractivity contribution in [3.63, 3.8) is 0 Å². The number of hydrogen-bond acceptors (Lipinski definition) is 6. The molecule has 0 atom stereocenters. The van der Waals surface area contributed by atoms with Gasteiger partial charge >= 0.3 is 0 Å². The average molecular weight is 342 g/mol. The van der Waals surface area contributed by atoms with Gasteiger partial charge in [-0.25, -0.2) is 9.97 Å². The second kappa shape index (κ2) is 7.37. The van der Waals surface area contributed by atoms with Gasteiger partial charge < -0.3 is 9.73 Å². The molecule has 0 saturated carbocycles. The number of anilines is 1. The molecule has 0 bridgehead atoms. The monoisotopic (exact) mass is 342 g/mol. The van der Waals surface area contributed by atoms with Gasteiger partial charge in [0.25, 0.3) is 0 Å². The summed E-state index contributed by atoms with van der Waals surface area (Å²) in [6.07, 6.45) is 5.03. The van der Waals surface area contributed by atoms with Gasteiger partial charge in [-0.1, -0.05) is 6.07 Å². The number of furan rings is 1. The van der Waals surface area contributed by atoms with Crippen molar-refractivity contribution in [2.45, 2.75) is 13.5 Å². The van der Waals surface area contributed by atoms with Crippen LogP contribution in [-0.2, 0) is 11.3 Å². The second-order valence-corrected chi connectivity index (χ2v) is 6.46. The first-order chi connectivity index (χ1) is 11.6. The molecular weight excluding hydrogens is 324 g/mol. The van der Waals surface area contributed by atoms with Gasteiger partial charge in [-0.2, -0.15) is 0 Å². The predicted octanol–water partition coefficient (Wildman–Crippen LogP) is 3.18. The van der Waals surface area contributed by atoms with Crippen LogP contribution in [0.25, 0.3) is 10.6 Å². The number of likely N-dealkylation sites (N-methyl/N-ethyl adjacent to an activating group) is 1. The molecule has 1 N–H and O–H groups in total. The maximum atomic E-state index is 12.1. The highest BCUT2D eigenvalue weighted by Crippen LogP contribution is 2.24. The molecule has 0 aromatic carbocycles. The number of nitrogens with one attached hydrogen (secondary N) is 1. The highest BCUT2D eigenvalue weighted by molar-refractivity contribution is 7.13. The number of nitrogens with zero attached hydrogens (tertiary/aromatic N) is 3. The number of carbonyl (C=O) groups is 1. The van der Waals surface area contributed by atoms with Crippen LogP contribution in [0.2, 0.25) is 0 Å². The van der Waals surface area contributed by atoms with Crippen LogP contribution in [0.3, 0.4) is 0 Å². The minimum atomic E-state index is -0.0980. The van der Waals surface area contributed by atoms with Gasteiger partial charge in [-0.15, -0.1) is 11.3 Å². The summed E-state index contributed by atoms with van der Waals surface area (Å²) in [5.41, 5.74) is 2.96. The molecule has 6 nitrogen and oxygen atoms in total. The van der Waals surface area contributed by atoms with Crippen LogP contribution in [-0.4, -0.2) is 34.4 Å². The van der Waals surface area contributed by atoms with Crippen LogP contribution in [0, 0.1) is 6.92 Å². The zero-order chi connectivity index (χ0) is 16.9. The number of hydrogen-bond donors (Lipinski definition) is 1. The van der Waals surface area contributed by atoms with Crippen LogP contribution in [0.15, 0.2) is 46.7 Å². The largest absolute Gasteiger partial charge is 0.472 e. The van der Waals surface area contributed by atoms with Crippen LogP contribution in [0.4, 0.5) is 5.82 Å². The number of aryl methyl sites for hydroxylation is 1. The third-order valence-corrected chi connectivity index (χ3v) is 4.28. The maximum Gasteiger partial charge on any atom is 0.239 e. The molecular formula is C17H18N4O2S. The van der Waals surface area contributed by atoms with Crippen molar-refractivity contribution in [1.29, 1.82) is 0 Å². The molecule has 24 heavy (non-hydrogen) atoms. The van der Waals surface area contributed by atoms with E-state index in [0.717, 1.165) is 21.8 Å². The normalized spacial score (nSPS) is 11.0. The van der Waals surface area contributed by atoms with Crippen molar-refractivity contribution >= 4 is 23.1 Å². The number of pyridine rings is 1. The zero-order valence-electron chi connectivity index (χ0n) is 13.5. The third kappa shape index (κ3) is 4.27. The Labute approximate surface area is 144 Å². The van der Waals surface area contributed by atoms with Gasteiger partial charge in [-0.05, 0) is 31.7 Å². The van der Waals surface area contributed by atoms with E-state index >= 15 is 0 Å². The fraction of sp³-hybridized carbons (Fsp3) is 0.235. The van der Waals surface area contributed by atoms with E-state index in [1.165, 1.54) is 0 Å². The van der Waals surface area contributed by atoms with Gasteiger partial charge in [0.15, 0.2) is 0 Å². The van der Waals surface area contributed by atoms with Crippen molar-refractivity contribution in [1.82, 2.24) is 14.9 Å². The standard InChI is InChI=1S/C17H18N4O2S/c1-12-3-4-15(18-7-12)20-16(22)9-21(2)8-14-11-24-17(19-14)13-5-6-23-10-13/h3-7,10-11H,8-9H2,1-2H3,(H,18,20,22). The van der Waals surface area contributed by atoms with E-state index in [2.05, 4.69) is 15.3 Å². The van der Waals surface area contributed by atoms with Crippen LogP contribution in [0.5, 0.6) is 0 Å². The average Bonchev–Trinajstić information content (AvgIpc) is 3.20. The molecule has 0 aliphatic carbocycles. The Hall–Kier alpha value is -2.51. The summed E-state index contributed by atoms with van der Waals surface area (Å²) >= 11 is 1.56. The molecule has 124 valence electrons. The first-order valence-corrected chi connectivity index (χ1v) is 8.36. The van der Waals surface area contributed by atoms with Gasteiger partial charge in [0.2, 0.25) is 5.91 Å². The molecule has 0 spiro atoms.